The van der Waals surface area contributed by atoms with E-state index in [2.05, 4.69) is 66.3 Å². The lowest BCUT2D eigenvalue weighted by Crippen LogP contribution is -2.40. The van der Waals surface area contributed by atoms with Gasteiger partial charge in [-0.15, -0.1) is 0 Å². The zero-order chi connectivity index (χ0) is 28.6. The third-order valence-electron chi connectivity index (χ3n) is 8.66. The van der Waals surface area contributed by atoms with Crippen molar-refractivity contribution in [2.75, 3.05) is 13.1 Å². The highest BCUT2D eigenvalue weighted by Crippen LogP contribution is 2.39. The molecule has 0 fully saturated rings. The maximum Gasteiger partial charge on any atom is 0.282 e. The molecular weight excluding hydrogens is 528 g/mol. The Hall–Kier alpha value is -4.86. The molecule has 212 valence electrons. The molecule has 0 saturated carbocycles. The summed E-state index contributed by atoms with van der Waals surface area (Å²) in [5.74, 6) is 0. The predicted molar refractivity (Wildman–Crippen MR) is 160 cm³/mol. The monoisotopic (exact) mass is 560 g/mol. The summed E-state index contributed by atoms with van der Waals surface area (Å²) in [6.07, 6.45) is 16.1. The van der Waals surface area contributed by atoms with Gasteiger partial charge in [-0.25, -0.2) is 29.9 Å². The lowest BCUT2D eigenvalue weighted by Gasteiger charge is -2.34. The first kappa shape index (κ1) is 26.1. The lowest BCUT2D eigenvalue weighted by molar-refractivity contribution is 0.0701. The summed E-state index contributed by atoms with van der Waals surface area (Å²) in [4.78, 5) is 24.9. The van der Waals surface area contributed by atoms with Gasteiger partial charge in [-0.1, -0.05) is 36.4 Å². The Morgan fingerprint density at radius 3 is 1.40 bits per heavy atom. The summed E-state index contributed by atoms with van der Waals surface area (Å²) in [6.45, 7) is 1.33. The van der Waals surface area contributed by atoms with E-state index in [1.165, 1.54) is 33.4 Å². The van der Waals surface area contributed by atoms with E-state index in [1.54, 1.807) is 12.7 Å². The highest BCUT2D eigenvalue weighted by molar-refractivity contribution is 5.75. The quantitative estimate of drug-likeness (QED) is 0.379. The molecular formula is C32H32N8O2. The van der Waals surface area contributed by atoms with Crippen molar-refractivity contribution in [3.63, 3.8) is 0 Å². The van der Waals surface area contributed by atoms with E-state index in [0.717, 1.165) is 49.7 Å². The largest absolute Gasteiger partial charge is 0.456 e. The second-order valence-electron chi connectivity index (χ2n) is 11.4. The van der Waals surface area contributed by atoms with Crippen LogP contribution in [0.2, 0.25) is 0 Å². The van der Waals surface area contributed by atoms with E-state index >= 15 is 0 Å². The molecule has 0 unspecified atom stereocenters. The Labute approximate surface area is 244 Å². The molecule has 10 heteroatoms. The van der Waals surface area contributed by atoms with Gasteiger partial charge in [0.1, 0.15) is 23.9 Å². The molecule has 4 aromatic rings. The van der Waals surface area contributed by atoms with Crippen LogP contribution in [-0.2, 0) is 35.2 Å². The zero-order valence-electron chi connectivity index (χ0n) is 23.2. The number of nitrogens with two attached hydrogens (primary N) is 2. The molecule has 2 aromatic heterocycles. The van der Waals surface area contributed by atoms with Crippen LogP contribution >= 0.6 is 0 Å². The molecule has 42 heavy (non-hydrogen) atoms. The van der Waals surface area contributed by atoms with Crippen molar-refractivity contribution in [2.45, 2.75) is 49.7 Å². The first-order valence-corrected chi connectivity index (χ1v) is 14.2. The van der Waals surface area contributed by atoms with Gasteiger partial charge in [0, 0.05) is 48.8 Å². The molecule has 8 rings (SSSR count). The van der Waals surface area contributed by atoms with Crippen LogP contribution in [-0.4, -0.2) is 56.3 Å². The van der Waals surface area contributed by atoms with Gasteiger partial charge in [0.15, 0.2) is 0 Å². The topological polar surface area (TPSA) is 147 Å². The van der Waals surface area contributed by atoms with Crippen LogP contribution in [0.5, 0.6) is 0 Å². The van der Waals surface area contributed by atoms with Crippen LogP contribution in [0.25, 0.3) is 22.3 Å². The molecule has 2 aliphatic heterocycles. The van der Waals surface area contributed by atoms with Crippen molar-refractivity contribution in [3.8, 4) is 22.3 Å². The van der Waals surface area contributed by atoms with Gasteiger partial charge < -0.3 is 20.9 Å². The van der Waals surface area contributed by atoms with Gasteiger partial charge >= 0.3 is 0 Å². The second kappa shape index (κ2) is 10.5. The van der Waals surface area contributed by atoms with Crippen molar-refractivity contribution in [1.82, 2.24) is 19.9 Å². The summed E-state index contributed by atoms with van der Waals surface area (Å²) >= 11 is 0. The number of fused-ring (bicyclic) bond motifs is 2. The van der Waals surface area contributed by atoms with E-state index in [0.29, 0.717) is 25.1 Å². The number of hydrogen-bond donors (Lipinski definition) is 2. The number of ether oxygens (including phenoxy) is 2. The number of rotatable bonds is 2. The van der Waals surface area contributed by atoms with Crippen molar-refractivity contribution in [2.24, 2.45) is 21.5 Å². The van der Waals surface area contributed by atoms with Crippen LogP contribution < -0.4 is 11.5 Å². The van der Waals surface area contributed by atoms with Crippen LogP contribution in [0, 0.1) is 0 Å². The number of aliphatic imine (C=N–C) groups is 2. The average Bonchev–Trinajstić information content (AvgIpc) is 3.57. The Balaban J connectivity index is 0.000000137. The first-order chi connectivity index (χ1) is 20.5. The van der Waals surface area contributed by atoms with Crippen LogP contribution in [0.3, 0.4) is 0 Å². The zero-order valence-corrected chi connectivity index (χ0v) is 23.2. The number of hydrogen-bond acceptors (Lipinski definition) is 10. The normalized spacial score (nSPS) is 23.5. The third-order valence-corrected chi connectivity index (χ3v) is 8.66. The maximum atomic E-state index is 5.80. The molecule has 0 radical (unpaired) electrons. The molecule has 4 heterocycles. The molecule has 0 amide bonds. The highest BCUT2D eigenvalue weighted by Gasteiger charge is 2.42. The van der Waals surface area contributed by atoms with Gasteiger partial charge in [-0.05, 0) is 59.1 Å². The Bertz CT molecular complexity index is 1550. The number of benzene rings is 2. The lowest BCUT2D eigenvalue weighted by atomic mass is 9.78. The van der Waals surface area contributed by atoms with Crippen LogP contribution in [0.1, 0.15) is 35.1 Å². The number of amidine groups is 2. The summed E-state index contributed by atoms with van der Waals surface area (Å²) in [7, 11) is 0. The fourth-order valence-electron chi connectivity index (χ4n) is 6.65. The smallest absolute Gasteiger partial charge is 0.282 e. The summed E-state index contributed by atoms with van der Waals surface area (Å²) in [5, 5.41) is 0. The minimum atomic E-state index is -0.233. The molecule has 4 aliphatic rings. The van der Waals surface area contributed by atoms with Crippen molar-refractivity contribution in [3.05, 3.63) is 96.1 Å². The second-order valence-corrected chi connectivity index (χ2v) is 11.4. The SMILES string of the molecule is NC1=NC[C@@]2(CCc3c(cccc3-c3cncnc3)C2)O1.NC1=NC[C@]2(CCc3c(cccc3-c3cncnc3)C2)O1. The standard InChI is InChI=1S/2C16H16N4O/c2*17-15-20-9-16(21-15)5-4-14-11(6-16)2-1-3-13(14)12-7-18-10-19-8-12/h2*1-3,7-8,10H,4-6,9H2,(H2,17,20)/t2*16-/m10/s1. The number of nitrogens with zero attached hydrogens (tertiary/aromatic N) is 6. The fraction of sp³-hybridized carbons (Fsp3) is 0.312. The molecule has 10 nitrogen and oxygen atoms in total. The molecule has 4 N–H and O–H groups in total. The van der Waals surface area contributed by atoms with E-state index < -0.39 is 0 Å². The van der Waals surface area contributed by atoms with Gasteiger partial charge in [0.05, 0.1) is 13.1 Å². The fourth-order valence-corrected chi connectivity index (χ4v) is 6.65. The molecule has 0 saturated heterocycles. The van der Waals surface area contributed by atoms with E-state index in [9.17, 15) is 0 Å². The Morgan fingerprint density at radius 2 is 1.02 bits per heavy atom. The minimum Gasteiger partial charge on any atom is -0.456 e. The summed E-state index contributed by atoms with van der Waals surface area (Å²) < 4.78 is 11.6. The van der Waals surface area contributed by atoms with Crippen LogP contribution in [0.15, 0.2) is 83.8 Å². The Morgan fingerprint density at radius 1 is 0.595 bits per heavy atom. The van der Waals surface area contributed by atoms with Crippen LogP contribution in [0.4, 0.5) is 0 Å². The average molecular weight is 561 g/mol. The van der Waals surface area contributed by atoms with E-state index in [1.807, 2.05) is 24.8 Å². The van der Waals surface area contributed by atoms with E-state index in [-0.39, 0.29) is 11.2 Å². The molecule has 2 aliphatic carbocycles. The predicted octanol–water partition coefficient (Wildman–Crippen LogP) is 3.43. The highest BCUT2D eigenvalue weighted by atomic mass is 16.5. The van der Waals surface area contributed by atoms with Crippen molar-refractivity contribution < 1.29 is 9.47 Å². The molecule has 2 aromatic carbocycles. The maximum absolute atomic E-state index is 5.80. The summed E-state index contributed by atoms with van der Waals surface area (Å²) in [5.41, 5.74) is 20.8. The summed E-state index contributed by atoms with van der Waals surface area (Å²) in [6, 6.07) is 13.4. The first-order valence-electron chi connectivity index (χ1n) is 14.2. The van der Waals surface area contributed by atoms with E-state index in [4.69, 9.17) is 20.9 Å². The Kier molecular flexibility index (Phi) is 6.53. The van der Waals surface area contributed by atoms with Crippen molar-refractivity contribution >= 4 is 12.0 Å². The van der Waals surface area contributed by atoms with Gasteiger partial charge in [0.25, 0.3) is 12.0 Å². The van der Waals surface area contributed by atoms with Gasteiger partial charge in [-0.3, -0.25) is 0 Å². The van der Waals surface area contributed by atoms with Crippen molar-refractivity contribution in [1.29, 1.82) is 0 Å². The molecule has 2 spiro atoms. The van der Waals surface area contributed by atoms with Gasteiger partial charge in [-0.2, -0.15) is 0 Å². The molecule has 0 bridgehead atoms. The molecule has 2 atom stereocenters. The number of aromatic nitrogens is 4. The third kappa shape index (κ3) is 4.93. The minimum absolute atomic E-state index is 0.233. The van der Waals surface area contributed by atoms with Gasteiger partial charge in [0.2, 0.25) is 0 Å².